The molecule has 0 aliphatic carbocycles. The van der Waals surface area contributed by atoms with Gasteiger partial charge in [0.25, 0.3) is 0 Å². The van der Waals surface area contributed by atoms with Crippen molar-refractivity contribution in [1.29, 1.82) is 0 Å². The monoisotopic (exact) mass is 318 g/mol. The van der Waals surface area contributed by atoms with E-state index < -0.39 is 0 Å². The fraction of sp³-hybridized carbons (Fsp3) is 0.150. The summed E-state index contributed by atoms with van der Waals surface area (Å²) < 4.78 is 0. The Morgan fingerprint density at radius 3 is 2.67 bits per heavy atom. The van der Waals surface area contributed by atoms with Crippen LogP contribution >= 0.6 is 0 Å². The molecule has 0 saturated heterocycles. The van der Waals surface area contributed by atoms with E-state index in [9.17, 15) is 4.79 Å². The molecule has 1 radical (unpaired) electrons. The first kappa shape index (κ1) is 16.1. The molecule has 3 rings (SSSR count). The fourth-order valence-electron chi connectivity index (χ4n) is 2.71. The van der Waals surface area contributed by atoms with Crippen LogP contribution in [0, 0.1) is 6.92 Å². The van der Waals surface area contributed by atoms with Crippen LogP contribution in [0.15, 0.2) is 60.9 Å². The predicted octanol–water partition coefficient (Wildman–Crippen LogP) is 3.36. The minimum absolute atomic E-state index is 0.0328. The van der Waals surface area contributed by atoms with E-state index in [4.69, 9.17) is 0 Å². The number of hydrogen-bond acceptors (Lipinski definition) is 3. The van der Waals surface area contributed by atoms with Gasteiger partial charge in [-0.25, -0.2) is 0 Å². The van der Waals surface area contributed by atoms with Gasteiger partial charge in [-0.05, 0) is 48.7 Å². The van der Waals surface area contributed by atoms with E-state index in [1.54, 1.807) is 6.20 Å². The molecule has 1 aromatic heterocycles. The number of carbonyl (C=O) groups is 1. The van der Waals surface area contributed by atoms with Gasteiger partial charge < -0.3 is 10.6 Å². The van der Waals surface area contributed by atoms with Crippen molar-refractivity contribution in [3.63, 3.8) is 0 Å². The summed E-state index contributed by atoms with van der Waals surface area (Å²) in [5.74, 6) is -0.293. The summed E-state index contributed by atoms with van der Waals surface area (Å²) in [6, 6.07) is 15.5. The van der Waals surface area contributed by atoms with Crippen molar-refractivity contribution >= 4 is 22.4 Å². The summed E-state index contributed by atoms with van der Waals surface area (Å²) in [7, 11) is 1.85. The van der Waals surface area contributed by atoms with Crippen molar-refractivity contribution in [2.75, 3.05) is 18.9 Å². The third kappa shape index (κ3) is 3.60. The van der Waals surface area contributed by atoms with Crippen LogP contribution in [-0.2, 0) is 4.79 Å². The maximum Gasteiger partial charge on any atom is 0.233 e. The van der Waals surface area contributed by atoms with Crippen LogP contribution in [0.3, 0.4) is 0 Å². The van der Waals surface area contributed by atoms with Gasteiger partial charge in [-0.3, -0.25) is 9.78 Å². The number of carbonyl (C=O) groups excluding carboxylic acids is 1. The van der Waals surface area contributed by atoms with E-state index >= 15 is 0 Å². The topological polar surface area (TPSA) is 54.0 Å². The Morgan fingerprint density at radius 1 is 1.12 bits per heavy atom. The lowest BCUT2D eigenvalue weighted by Crippen LogP contribution is -2.29. The van der Waals surface area contributed by atoms with E-state index in [0.29, 0.717) is 6.54 Å². The molecule has 0 spiro atoms. The molecule has 0 bridgehead atoms. The maximum absolute atomic E-state index is 12.7. The van der Waals surface area contributed by atoms with Gasteiger partial charge in [0.2, 0.25) is 5.91 Å². The molecular weight excluding hydrogens is 298 g/mol. The third-order valence-electron chi connectivity index (χ3n) is 4.01. The van der Waals surface area contributed by atoms with Crippen LogP contribution in [0.4, 0.5) is 5.69 Å². The van der Waals surface area contributed by atoms with Crippen molar-refractivity contribution in [2.45, 2.75) is 5.92 Å². The molecule has 1 unspecified atom stereocenters. The van der Waals surface area contributed by atoms with E-state index in [2.05, 4.69) is 22.5 Å². The second-order valence-electron chi connectivity index (χ2n) is 5.78. The number of nitrogens with one attached hydrogen (secondary N) is 2. The summed E-state index contributed by atoms with van der Waals surface area (Å²) in [5, 5.41) is 8.21. The highest BCUT2D eigenvalue weighted by Crippen LogP contribution is 2.21. The number of hydrogen-bond donors (Lipinski definition) is 2. The average molecular weight is 318 g/mol. The lowest BCUT2D eigenvalue weighted by molar-refractivity contribution is -0.117. The Kier molecular flexibility index (Phi) is 4.87. The number of fused-ring (bicyclic) bond motifs is 1. The molecule has 2 aromatic carbocycles. The zero-order chi connectivity index (χ0) is 16.9. The SMILES string of the molecule is [CH2]c1ccc(C(CNC)C(=O)Nc2ccc3cnccc3c2)cc1. The first-order chi connectivity index (χ1) is 11.7. The van der Waals surface area contributed by atoms with Crippen LogP contribution in [0.25, 0.3) is 10.8 Å². The van der Waals surface area contributed by atoms with Crippen molar-refractivity contribution in [3.05, 3.63) is 79.0 Å². The Balaban J connectivity index is 1.82. The van der Waals surface area contributed by atoms with Crippen LogP contribution in [0.2, 0.25) is 0 Å². The normalized spacial score (nSPS) is 12.1. The molecule has 1 atom stereocenters. The second-order valence-corrected chi connectivity index (χ2v) is 5.78. The lowest BCUT2D eigenvalue weighted by Gasteiger charge is -2.17. The largest absolute Gasteiger partial charge is 0.325 e. The molecular formula is C20H20N3O. The number of amides is 1. The molecule has 3 aromatic rings. The molecule has 24 heavy (non-hydrogen) atoms. The van der Waals surface area contributed by atoms with E-state index in [-0.39, 0.29) is 11.8 Å². The van der Waals surface area contributed by atoms with Crippen LogP contribution in [-0.4, -0.2) is 24.5 Å². The Hall–Kier alpha value is -2.72. The summed E-state index contributed by atoms with van der Waals surface area (Å²) in [6.45, 7) is 4.46. The quantitative estimate of drug-likeness (QED) is 0.758. The van der Waals surface area contributed by atoms with Crippen LogP contribution in [0.1, 0.15) is 17.0 Å². The predicted molar refractivity (Wildman–Crippen MR) is 97.9 cm³/mol. The summed E-state index contributed by atoms with van der Waals surface area (Å²) in [6.07, 6.45) is 3.56. The molecule has 0 aliphatic rings. The maximum atomic E-state index is 12.7. The number of nitrogens with zero attached hydrogens (tertiary/aromatic N) is 1. The zero-order valence-electron chi connectivity index (χ0n) is 13.6. The molecule has 121 valence electrons. The van der Waals surface area contributed by atoms with E-state index in [1.165, 1.54) is 0 Å². The van der Waals surface area contributed by atoms with Gasteiger partial charge in [0.05, 0.1) is 5.92 Å². The van der Waals surface area contributed by atoms with Gasteiger partial charge in [0.1, 0.15) is 0 Å². The summed E-state index contributed by atoms with van der Waals surface area (Å²) in [5.41, 5.74) is 2.69. The van der Waals surface area contributed by atoms with Gasteiger partial charge in [0, 0.05) is 30.0 Å². The highest BCUT2D eigenvalue weighted by molar-refractivity contribution is 5.98. The minimum atomic E-state index is -0.260. The first-order valence-electron chi connectivity index (χ1n) is 7.88. The molecule has 2 N–H and O–H groups in total. The Morgan fingerprint density at radius 2 is 1.92 bits per heavy atom. The van der Waals surface area contributed by atoms with Crippen molar-refractivity contribution in [3.8, 4) is 0 Å². The zero-order valence-corrected chi connectivity index (χ0v) is 13.6. The number of aromatic nitrogens is 1. The molecule has 0 aliphatic heterocycles. The summed E-state index contributed by atoms with van der Waals surface area (Å²) >= 11 is 0. The molecule has 4 nitrogen and oxygen atoms in total. The minimum Gasteiger partial charge on any atom is -0.325 e. The number of anilines is 1. The first-order valence-corrected chi connectivity index (χ1v) is 7.88. The van der Waals surface area contributed by atoms with Gasteiger partial charge in [-0.15, -0.1) is 0 Å². The van der Waals surface area contributed by atoms with Gasteiger partial charge in [-0.2, -0.15) is 0 Å². The Labute approximate surface area is 141 Å². The number of pyridine rings is 1. The Bertz CT molecular complexity index is 843. The molecule has 0 fully saturated rings. The smallest absolute Gasteiger partial charge is 0.233 e. The highest BCUT2D eigenvalue weighted by atomic mass is 16.1. The third-order valence-corrected chi connectivity index (χ3v) is 4.01. The van der Waals surface area contributed by atoms with Crippen molar-refractivity contribution in [2.24, 2.45) is 0 Å². The van der Waals surface area contributed by atoms with Gasteiger partial charge >= 0.3 is 0 Å². The van der Waals surface area contributed by atoms with Crippen LogP contribution in [0.5, 0.6) is 0 Å². The number of likely N-dealkylation sites (N-methyl/N-ethyl adjacent to an activating group) is 1. The van der Waals surface area contributed by atoms with Crippen molar-refractivity contribution < 1.29 is 4.79 Å². The molecule has 1 heterocycles. The molecule has 0 saturated carbocycles. The van der Waals surface area contributed by atoms with E-state index in [1.807, 2.05) is 61.8 Å². The average Bonchev–Trinajstić information content (AvgIpc) is 2.60. The lowest BCUT2D eigenvalue weighted by atomic mass is 9.97. The second kappa shape index (κ2) is 7.23. The molecule has 1 amide bonds. The van der Waals surface area contributed by atoms with Gasteiger partial charge in [0.15, 0.2) is 0 Å². The highest BCUT2D eigenvalue weighted by Gasteiger charge is 2.20. The van der Waals surface area contributed by atoms with Gasteiger partial charge in [-0.1, -0.05) is 30.3 Å². The van der Waals surface area contributed by atoms with Crippen LogP contribution < -0.4 is 10.6 Å². The van der Waals surface area contributed by atoms with E-state index in [0.717, 1.165) is 27.6 Å². The standard InChI is InChI=1S/C20H20N3O/c1-14-3-5-15(6-4-14)19(13-21-2)20(24)23-18-8-7-17-12-22-10-9-16(17)11-18/h3-12,19,21H,1,13H2,2H3,(H,23,24). The number of rotatable bonds is 5. The molecule has 4 heteroatoms. The summed E-state index contributed by atoms with van der Waals surface area (Å²) in [4.78, 5) is 16.8. The van der Waals surface area contributed by atoms with Crippen molar-refractivity contribution in [1.82, 2.24) is 10.3 Å². The number of benzene rings is 2. The fourth-order valence-corrected chi connectivity index (χ4v) is 2.71.